The number of carbonyl (C=O) groups excluding carboxylic acids is 2. The topological polar surface area (TPSA) is 79.2 Å². The van der Waals surface area contributed by atoms with Gasteiger partial charge in [-0.1, -0.05) is 30.4 Å². The number of nitrogens with one attached hydrogen (secondary N) is 1. The Morgan fingerprint density at radius 1 is 1.36 bits per heavy atom. The van der Waals surface area contributed by atoms with Gasteiger partial charge in [-0.05, 0) is 32.4 Å². The summed E-state index contributed by atoms with van der Waals surface area (Å²) in [5.74, 6) is -0.204. The molecule has 22 heavy (non-hydrogen) atoms. The zero-order valence-electron chi connectivity index (χ0n) is 13.1. The summed E-state index contributed by atoms with van der Waals surface area (Å²) in [4.78, 5) is 23.1. The van der Waals surface area contributed by atoms with Crippen LogP contribution in [0.5, 0.6) is 0 Å². The third-order valence-corrected chi connectivity index (χ3v) is 2.52. The van der Waals surface area contributed by atoms with E-state index >= 15 is 0 Å². The van der Waals surface area contributed by atoms with Crippen molar-refractivity contribution >= 4 is 18.0 Å². The highest BCUT2D eigenvalue weighted by molar-refractivity contribution is 5.97. The van der Waals surface area contributed by atoms with Gasteiger partial charge in [-0.15, -0.1) is 0 Å². The van der Waals surface area contributed by atoms with Crippen LogP contribution in [0, 0.1) is 11.3 Å². The van der Waals surface area contributed by atoms with Crippen LogP contribution in [0.1, 0.15) is 43.1 Å². The first-order chi connectivity index (χ1) is 10.3. The maximum atomic E-state index is 11.6. The molecule has 0 aliphatic rings. The Labute approximate surface area is 130 Å². The monoisotopic (exact) mass is 300 g/mol. The molecule has 0 saturated heterocycles. The highest BCUT2D eigenvalue weighted by Crippen LogP contribution is 2.09. The minimum Gasteiger partial charge on any atom is -0.444 e. The molecular weight excluding hydrogens is 280 g/mol. The molecule has 1 amide bonds. The van der Waals surface area contributed by atoms with E-state index in [1.54, 1.807) is 51.1 Å². The second kappa shape index (κ2) is 7.99. The van der Waals surface area contributed by atoms with Crippen molar-refractivity contribution in [3.63, 3.8) is 0 Å². The number of nitriles is 1. The molecule has 0 bridgehead atoms. The largest absolute Gasteiger partial charge is 0.444 e. The van der Waals surface area contributed by atoms with E-state index in [1.807, 2.05) is 12.1 Å². The summed E-state index contributed by atoms with van der Waals surface area (Å²) >= 11 is 0. The fraction of sp³-hybridized carbons (Fsp3) is 0.353. The molecule has 0 spiro atoms. The molecule has 0 aromatic heterocycles. The van der Waals surface area contributed by atoms with E-state index in [4.69, 9.17) is 10.00 Å². The number of ketones is 1. The van der Waals surface area contributed by atoms with Gasteiger partial charge in [0.2, 0.25) is 0 Å². The normalized spacial score (nSPS) is 11.0. The number of nitrogens with zero attached hydrogens (tertiary/aromatic N) is 1. The van der Waals surface area contributed by atoms with Crippen LogP contribution in [0.2, 0.25) is 0 Å². The lowest BCUT2D eigenvalue weighted by atomic mass is 10.1. The standard InChI is InChI=1S/C17H20N2O3/c1-17(2,3)22-16(21)19-11-5-7-13-6-4-8-14(12-13)15(20)9-10-18/h4-8,12H,9,11H2,1-3H3,(H,19,21). The number of hydrogen-bond acceptors (Lipinski definition) is 4. The van der Waals surface area contributed by atoms with Gasteiger partial charge >= 0.3 is 6.09 Å². The van der Waals surface area contributed by atoms with Gasteiger partial charge < -0.3 is 10.1 Å². The highest BCUT2D eigenvalue weighted by Gasteiger charge is 2.14. The quantitative estimate of drug-likeness (QED) is 0.846. The first-order valence-electron chi connectivity index (χ1n) is 6.95. The maximum Gasteiger partial charge on any atom is 0.407 e. The van der Waals surface area contributed by atoms with E-state index in [-0.39, 0.29) is 12.2 Å². The van der Waals surface area contributed by atoms with Crippen molar-refractivity contribution in [2.75, 3.05) is 6.54 Å². The molecule has 0 aliphatic carbocycles. The summed E-state index contributed by atoms with van der Waals surface area (Å²) < 4.78 is 5.11. The lowest BCUT2D eigenvalue weighted by molar-refractivity contribution is 0.0534. The van der Waals surface area contributed by atoms with Gasteiger partial charge in [0.1, 0.15) is 5.60 Å². The first-order valence-corrected chi connectivity index (χ1v) is 6.95. The van der Waals surface area contributed by atoms with Crippen molar-refractivity contribution in [1.82, 2.24) is 5.32 Å². The van der Waals surface area contributed by atoms with E-state index < -0.39 is 11.7 Å². The average Bonchev–Trinajstić information content (AvgIpc) is 2.42. The molecule has 1 rings (SSSR count). The second-order valence-corrected chi connectivity index (χ2v) is 5.67. The Kier molecular flexibility index (Phi) is 6.33. The van der Waals surface area contributed by atoms with E-state index in [2.05, 4.69) is 5.32 Å². The molecule has 1 N–H and O–H groups in total. The number of ether oxygens (including phenoxy) is 1. The molecule has 0 aliphatic heterocycles. The van der Waals surface area contributed by atoms with Crippen LogP contribution in [0.15, 0.2) is 30.3 Å². The first kappa shape index (κ1) is 17.4. The van der Waals surface area contributed by atoms with Crippen molar-refractivity contribution in [2.45, 2.75) is 32.8 Å². The van der Waals surface area contributed by atoms with Crippen LogP contribution in [0.25, 0.3) is 6.08 Å². The Hall–Kier alpha value is -2.61. The van der Waals surface area contributed by atoms with E-state index in [0.29, 0.717) is 12.1 Å². The molecule has 0 heterocycles. The van der Waals surface area contributed by atoms with E-state index in [9.17, 15) is 9.59 Å². The van der Waals surface area contributed by atoms with Crippen LogP contribution in [-0.2, 0) is 4.74 Å². The molecule has 5 nitrogen and oxygen atoms in total. The lowest BCUT2D eigenvalue weighted by Crippen LogP contribution is -2.32. The number of rotatable bonds is 5. The molecule has 1 aromatic carbocycles. The molecule has 0 saturated carbocycles. The van der Waals surface area contributed by atoms with Crippen LogP contribution in [-0.4, -0.2) is 24.0 Å². The SMILES string of the molecule is CC(C)(C)OC(=O)NCC=Cc1cccc(C(=O)CC#N)c1. The third kappa shape index (κ3) is 6.71. The number of Topliss-reactive ketones (excluding diaryl/α,β-unsaturated/α-hetero) is 1. The van der Waals surface area contributed by atoms with Crippen LogP contribution < -0.4 is 5.32 Å². The zero-order chi connectivity index (χ0) is 16.6. The maximum absolute atomic E-state index is 11.6. The summed E-state index contributed by atoms with van der Waals surface area (Å²) in [6, 6.07) is 8.82. The fourth-order valence-electron chi connectivity index (χ4n) is 1.64. The van der Waals surface area contributed by atoms with Crippen LogP contribution in [0.4, 0.5) is 4.79 Å². The average molecular weight is 300 g/mol. The smallest absolute Gasteiger partial charge is 0.407 e. The van der Waals surface area contributed by atoms with Crippen molar-refractivity contribution in [1.29, 1.82) is 5.26 Å². The minimum absolute atomic E-state index is 0.132. The van der Waals surface area contributed by atoms with E-state index in [1.165, 1.54) is 0 Å². The second-order valence-electron chi connectivity index (χ2n) is 5.67. The molecule has 0 radical (unpaired) electrons. The minimum atomic E-state index is -0.525. The van der Waals surface area contributed by atoms with Crippen molar-refractivity contribution in [2.24, 2.45) is 0 Å². The summed E-state index contributed by atoms with van der Waals surface area (Å²) in [6.07, 6.45) is 2.95. The van der Waals surface area contributed by atoms with Gasteiger partial charge in [-0.3, -0.25) is 4.79 Å². The Morgan fingerprint density at radius 2 is 2.09 bits per heavy atom. The zero-order valence-corrected chi connectivity index (χ0v) is 13.1. The Bertz CT molecular complexity index is 607. The Morgan fingerprint density at radius 3 is 2.73 bits per heavy atom. The van der Waals surface area contributed by atoms with Crippen molar-refractivity contribution in [3.8, 4) is 6.07 Å². The Balaban J connectivity index is 2.54. The number of amides is 1. The van der Waals surface area contributed by atoms with Gasteiger partial charge in [0.05, 0.1) is 12.5 Å². The predicted molar refractivity (Wildman–Crippen MR) is 84.3 cm³/mol. The highest BCUT2D eigenvalue weighted by atomic mass is 16.6. The molecule has 0 unspecified atom stereocenters. The lowest BCUT2D eigenvalue weighted by Gasteiger charge is -2.19. The van der Waals surface area contributed by atoms with Crippen LogP contribution >= 0.6 is 0 Å². The van der Waals surface area contributed by atoms with Gasteiger partial charge in [-0.25, -0.2) is 4.79 Å². The number of carbonyl (C=O) groups is 2. The molecule has 116 valence electrons. The fourth-order valence-corrected chi connectivity index (χ4v) is 1.64. The molecular formula is C17H20N2O3. The molecule has 1 aromatic rings. The molecule has 5 heteroatoms. The third-order valence-electron chi connectivity index (χ3n) is 2.52. The number of alkyl carbamates (subject to hydrolysis) is 1. The summed E-state index contributed by atoms with van der Waals surface area (Å²) in [5, 5.41) is 11.1. The van der Waals surface area contributed by atoms with E-state index in [0.717, 1.165) is 5.56 Å². The number of benzene rings is 1. The van der Waals surface area contributed by atoms with Gasteiger partial charge in [0.15, 0.2) is 5.78 Å². The van der Waals surface area contributed by atoms with Crippen molar-refractivity contribution in [3.05, 3.63) is 41.5 Å². The molecule has 0 fully saturated rings. The van der Waals surface area contributed by atoms with Gasteiger partial charge in [0.25, 0.3) is 0 Å². The van der Waals surface area contributed by atoms with Crippen molar-refractivity contribution < 1.29 is 14.3 Å². The summed E-state index contributed by atoms with van der Waals surface area (Å²) in [6.45, 7) is 5.72. The summed E-state index contributed by atoms with van der Waals surface area (Å²) in [5.41, 5.74) is 0.807. The summed E-state index contributed by atoms with van der Waals surface area (Å²) in [7, 11) is 0. The van der Waals surface area contributed by atoms with Gasteiger partial charge in [-0.2, -0.15) is 5.26 Å². The van der Waals surface area contributed by atoms with Crippen LogP contribution in [0.3, 0.4) is 0 Å². The molecule has 0 atom stereocenters. The number of hydrogen-bond donors (Lipinski definition) is 1. The predicted octanol–water partition coefficient (Wildman–Crippen LogP) is 3.32. The van der Waals surface area contributed by atoms with Gasteiger partial charge in [0, 0.05) is 12.1 Å².